The molecule has 0 radical (unpaired) electrons. The first kappa shape index (κ1) is 15.7. The Morgan fingerprint density at radius 3 is 2.45 bits per heavy atom. The third-order valence-electron chi connectivity index (χ3n) is 2.63. The van der Waals surface area contributed by atoms with Gasteiger partial charge in [0.05, 0.1) is 18.1 Å². The van der Waals surface area contributed by atoms with E-state index >= 15 is 0 Å². The average Bonchev–Trinajstić information content (AvgIpc) is 2.46. The molecule has 0 saturated heterocycles. The van der Waals surface area contributed by atoms with Gasteiger partial charge in [-0.25, -0.2) is 4.39 Å². The van der Waals surface area contributed by atoms with Crippen LogP contribution in [0.15, 0.2) is 47.4 Å². The van der Waals surface area contributed by atoms with Crippen LogP contribution < -0.4 is 8.92 Å². The highest BCUT2D eigenvalue weighted by Gasteiger charge is 2.28. The number of nitro groups is 1. The minimum Gasteiger partial charge on any atom is -0.497 e. The molecule has 2 aromatic rings. The summed E-state index contributed by atoms with van der Waals surface area (Å²) in [6.45, 7) is 0. The van der Waals surface area contributed by atoms with Crippen molar-refractivity contribution < 1.29 is 26.7 Å². The number of nitrogens with zero attached hydrogens (tertiary/aromatic N) is 1. The van der Waals surface area contributed by atoms with Gasteiger partial charge in [-0.2, -0.15) is 8.42 Å². The molecule has 0 fully saturated rings. The maximum absolute atomic E-state index is 13.1. The highest BCUT2D eigenvalue weighted by Crippen LogP contribution is 2.30. The molecule has 0 atom stereocenters. The van der Waals surface area contributed by atoms with Gasteiger partial charge in [0.2, 0.25) is 0 Å². The second-order valence-corrected chi connectivity index (χ2v) is 5.60. The predicted molar refractivity (Wildman–Crippen MR) is 73.9 cm³/mol. The van der Waals surface area contributed by atoms with E-state index in [1.807, 2.05) is 0 Å². The number of rotatable bonds is 5. The van der Waals surface area contributed by atoms with Crippen LogP contribution in [0.3, 0.4) is 0 Å². The number of hydrogen-bond acceptors (Lipinski definition) is 6. The zero-order valence-corrected chi connectivity index (χ0v) is 12.0. The molecule has 0 unspecified atom stereocenters. The van der Waals surface area contributed by atoms with Crippen LogP contribution in [0.1, 0.15) is 0 Å². The molecular weight excluding hydrogens is 317 g/mol. The topological polar surface area (TPSA) is 95.7 Å². The van der Waals surface area contributed by atoms with E-state index in [4.69, 9.17) is 8.92 Å². The molecule has 22 heavy (non-hydrogen) atoms. The van der Waals surface area contributed by atoms with Crippen LogP contribution in [0.2, 0.25) is 0 Å². The lowest BCUT2D eigenvalue weighted by molar-refractivity contribution is -0.388. The molecule has 0 aliphatic heterocycles. The molecule has 7 nitrogen and oxygen atoms in total. The van der Waals surface area contributed by atoms with E-state index in [0.29, 0.717) is 0 Å². The monoisotopic (exact) mass is 327 g/mol. The fourth-order valence-electron chi connectivity index (χ4n) is 1.67. The quantitative estimate of drug-likeness (QED) is 0.475. The first-order chi connectivity index (χ1) is 10.3. The minimum atomic E-state index is -4.49. The van der Waals surface area contributed by atoms with Crippen molar-refractivity contribution in [2.75, 3.05) is 7.11 Å². The molecule has 2 rings (SSSR count). The summed E-state index contributed by atoms with van der Waals surface area (Å²) in [5.74, 6) is -0.863. The summed E-state index contributed by atoms with van der Waals surface area (Å²) >= 11 is 0. The molecule has 116 valence electrons. The minimum absolute atomic E-state index is 0.122. The predicted octanol–water partition coefficient (Wildman–Crippen LogP) is 2.51. The van der Waals surface area contributed by atoms with Crippen LogP contribution in [0, 0.1) is 15.9 Å². The van der Waals surface area contributed by atoms with Crippen molar-refractivity contribution in [3.8, 4) is 11.5 Å². The summed E-state index contributed by atoms with van der Waals surface area (Å²) in [5, 5.41) is 11.0. The molecule has 0 N–H and O–H groups in total. The van der Waals surface area contributed by atoms with Crippen molar-refractivity contribution in [2.24, 2.45) is 0 Å². The second-order valence-electron chi connectivity index (χ2n) is 4.09. The van der Waals surface area contributed by atoms with E-state index in [-0.39, 0.29) is 11.5 Å². The van der Waals surface area contributed by atoms with E-state index in [9.17, 15) is 22.9 Å². The zero-order chi connectivity index (χ0) is 16.3. The van der Waals surface area contributed by atoms with E-state index < -0.39 is 31.4 Å². The number of ether oxygens (including phenoxy) is 1. The third-order valence-corrected chi connectivity index (χ3v) is 3.93. The zero-order valence-electron chi connectivity index (χ0n) is 11.2. The Bertz CT molecular complexity index is 821. The average molecular weight is 327 g/mol. The van der Waals surface area contributed by atoms with Crippen LogP contribution >= 0.6 is 0 Å². The van der Waals surface area contributed by atoms with Crippen LogP contribution in [-0.2, 0) is 10.1 Å². The van der Waals surface area contributed by atoms with E-state index in [1.54, 1.807) is 0 Å². The summed E-state index contributed by atoms with van der Waals surface area (Å²) in [4.78, 5) is 9.49. The molecular formula is C13H10FNO6S. The van der Waals surface area contributed by atoms with Crippen LogP contribution in [0.25, 0.3) is 0 Å². The highest BCUT2D eigenvalue weighted by atomic mass is 32.2. The molecule has 0 spiro atoms. The lowest BCUT2D eigenvalue weighted by Crippen LogP contribution is -2.12. The Morgan fingerprint density at radius 1 is 1.14 bits per heavy atom. The first-order valence-corrected chi connectivity index (χ1v) is 7.27. The van der Waals surface area contributed by atoms with Crippen LogP contribution in [0.4, 0.5) is 10.1 Å². The van der Waals surface area contributed by atoms with E-state index in [0.717, 1.165) is 24.3 Å². The summed E-state index contributed by atoms with van der Waals surface area (Å²) in [6, 6.07) is 7.63. The molecule has 0 aromatic heterocycles. The fourth-order valence-corrected chi connectivity index (χ4v) is 2.74. The third kappa shape index (κ3) is 3.31. The van der Waals surface area contributed by atoms with Crippen molar-refractivity contribution in [1.29, 1.82) is 0 Å². The van der Waals surface area contributed by atoms with Crippen LogP contribution in [0.5, 0.6) is 11.5 Å². The van der Waals surface area contributed by atoms with Gasteiger partial charge in [-0.1, -0.05) is 6.07 Å². The van der Waals surface area contributed by atoms with Gasteiger partial charge in [0, 0.05) is 6.07 Å². The molecule has 0 aliphatic carbocycles. The highest BCUT2D eigenvalue weighted by molar-refractivity contribution is 7.87. The molecule has 2 aromatic carbocycles. The summed E-state index contributed by atoms with van der Waals surface area (Å²) in [6.07, 6.45) is 0. The molecule has 0 heterocycles. The molecule has 0 amide bonds. The Hall–Kier alpha value is -2.68. The van der Waals surface area contributed by atoms with Gasteiger partial charge >= 0.3 is 10.1 Å². The van der Waals surface area contributed by atoms with Crippen molar-refractivity contribution in [1.82, 2.24) is 0 Å². The number of methoxy groups -OCH3 is 1. The SMILES string of the molecule is COc1ccc(S(=O)(=O)Oc2cccc(F)c2)c([N+](=O)[O-])c1. The normalized spacial score (nSPS) is 11.0. The van der Waals surface area contributed by atoms with Gasteiger partial charge in [0.25, 0.3) is 5.69 Å². The summed E-state index contributed by atoms with van der Waals surface area (Å²) < 4.78 is 46.9. The van der Waals surface area contributed by atoms with Gasteiger partial charge in [-0.3, -0.25) is 10.1 Å². The van der Waals surface area contributed by atoms with E-state index in [1.165, 1.54) is 25.3 Å². The maximum Gasteiger partial charge on any atom is 0.346 e. The van der Waals surface area contributed by atoms with E-state index in [2.05, 4.69) is 0 Å². The lowest BCUT2D eigenvalue weighted by atomic mass is 10.3. The van der Waals surface area contributed by atoms with Crippen molar-refractivity contribution >= 4 is 15.8 Å². The Kier molecular flexibility index (Phi) is 4.27. The molecule has 9 heteroatoms. The molecule has 0 bridgehead atoms. The van der Waals surface area contributed by atoms with Gasteiger partial charge in [-0.15, -0.1) is 0 Å². The summed E-state index contributed by atoms with van der Waals surface area (Å²) in [7, 11) is -3.21. The Labute approximate surface area is 125 Å². The Morgan fingerprint density at radius 2 is 1.86 bits per heavy atom. The second kappa shape index (κ2) is 5.98. The molecule has 0 saturated carbocycles. The fraction of sp³-hybridized carbons (Fsp3) is 0.0769. The van der Waals surface area contributed by atoms with Gasteiger partial charge in [0.15, 0.2) is 4.90 Å². The number of halogens is 1. The van der Waals surface area contributed by atoms with Gasteiger partial charge in [0.1, 0.15) is 17.3 Å². The smallest absolute Gasteiger partial charge is 0.346 e. The number of nitro benzene ring substituents is 1. The summed E-state index contributed by atoms with van der Waals surface area (Å²) in [5.41, 5.74) is -0.698. The van der Waals surface area contributed by atoms with Crippen LogP contribution in [-0.4, -0.2) is 20.5 Å². The Balaban J connectivity index is 2.47. The standard InChI is InChI=1S/C13H10FNO6S/c1-20-10-5-6-13(12(8-10)15(16)17)22(18,19)21-11-4-2-3-9(14)7-11/h2-8H,1H3. The number of hydrogen-bond donors (Lipinski definition) is 0. The lowest BCUT2D eigenvalue weighted by Gasteiger charge is -2.08. The van der Waals surface area contributed by atoms with Crippen molar-refractivity contribution in [3.63, 3.8) is 0 Å². The largest absolute Gasteiger partial charge is 0.497 e. The van der Waals surface area contributed by atoms with Crippen molar-refractivity contribution in [3.05, 3.63) is 58.4 Å². The van der Waals surface area contributed by atoms with Gasteiger partial charge in [-0.05, 0) is 24.3 Å². The molecule has 0 aliphatic rings. The number of benzene rings is 2. The van der Waals surface area contributed by atoms with Crippen molar-refractivity contribution in [2.45, 2.75) is 4.90 Å². The van der Waals surface area contributed by atoms with Gasteiger partial charge < -0.3 is 8.92 Å². The maximum atomic E-state index is 13.1. The first-order valence-electron chi connectivity index (χ1n) is 5.86.